The molecule has 0 unspecified atom stereocenters. The Balaban J connectivity index is 1.77. The molecule has 1 aliphatic carbocycles. The maximum Gasteiger partial charge on any atom is 0.170 e. The first kappa shape index (κ1) is 14.6. The first-order chi connectivity index (χ1) is 11.6. The molecule has 4 rings (SSSR count). The van der Waals surface area contributed by atoms with Gasteiger partial charge in [-0.15, -0.1) is 0 Å². The Bertz CT molecular complexity index is 915. The number of carbonyl (C=O) groups is 1. The van der Waals surface area contributed by atoms with Gasteiger partial charge in [0, 0.05) is 23.9 Å². The highest BCUT2D eigenvalue weighted by Crippen LogP contribution is 2.28. The Labute approximate surface area is 135 Å². The van der Waals surface area contributed by atoms with Crippen molar-refractivity contribution in [2.45, 2.75) is 18.9 Å². The first-order valence-electron chi connectivity index (χ1n) is 7.46. The molecule has 0 spiro atoms. The summed E-state index contributed by atoms with van der Waals surface area (Å²) in [6.07, 6.45) is 4.22. The lowest BCUT2D eigenvalue weighted by Gasteiger charge is -2.11. The molecule has 6 nitrogen and oxygen atoms in total. The monoisotopic (exact) mass is 329 g/mol. The maximum atomic E-state index is 13.3. The van der Waals surface area contributed by atoms with E-state index in [4.69, 9.17) is 0 Å². The SMILES string of the molecule is O=Cc1cnn2c(NC3CC3)cc(Nc3cc(F)cc(F)c3)nc12. The van der Waals surface area contributed by atoms with Crippen LogP contribution in [0.5, 0.6) is 0 Å². The predicted octanol–water partition coefficient (Wildman–Crippen LogP) is 3.14. The van der Waals surface area contributed by atoms with Gasteiger partial charge >= 0.3 is 0 Å². The lowest BCUT2D eigenvalue weighted by atomic mass is 10.3. The number of hydrogen-bond acceptors (Lipinski definition) is 5. The van der Waals surface area contributed by atoms with Gasteiger partial charge in [0.1, 0.15) is 23.3 Å². The lowest BCUT2D eigenvalue weighted by Crippen LogP contribution is -2.09. The standard InChI is InChI=1S/C16H13F2N5O/c17-10-3-11(18)5-13(4-10)20-14-6-15(21-12-1-2-12)23-16(22-14)9(8-24)7-19-23/h3-8,12,21H,1-2H2,(H,20,22). The fraction of sp³-hybridized carbons (Fsp3) is 0.188. The second kappa shape index (κ2) is 5.55. The van der Waals surface area contributed by atoms with Crippen molar-refractivity contribution in [2.24, 2.45) is 0 Å². The summed E-state index contributed by atoms with van der Waals surface area (Å²) in [5.74, 6) is -0.352. The minimum absolute atomic E-state index is 0.230. The van der Waals surface area contributed by atoms with Gasteiger partial charge in [0.25, 0.3) is 0 Å². The van der Waals surface area contributed by atoms with E-state index in [1.54, 1.807) is 10.6 Å². The molecule has 3 aromatic rings. The van der Waals surface area contributed by atoms with E-state index in [9.17, 15) is 13.6 Å². The summed E-state index contributed by atoms with van der Waals surface area (Å²) in [7, 11) is 0. The number of carbonyl (C=O) groups excluding carboxylic acids is 1. The molecule has 0 bridgehead atoms. The fourth-order valence-electron chi connectivity index (χ4n) is 2.44. The molecule has 0 amide bonds. The fourth-order valence-corrected chi connectivity index (χ4v) is 2.44. The van der Waals surface area contributed by atoms with Crippen molar-refractivity contribution < 1.29 is 13.6 Å². The minimum atomic E-state index is -0.687. The quantitative estimate of drug-likeness (QED) is 0.704. The molecule has 1 fully saturated rings. The minimum Gasteiger partial charge on any atom is -0.367 e. The molecule has 122 valence electrons. The number of benzene rings is 1. The number of fused-ring (bicyclic) bond motifs is 1. The summed E-state index contributed by atoms with van der Waals surface area (Å²) in [5.41, 5.74) is 0.937. The van der Waals surface area contributed by atoms with Crippen LogP contribution in [0.4, 0.5) is 26.1 Å². The van der Waals surface area contributed by atoms with E-state index in [0.29, 0.717) is 35.2 Å². The van der Waals surface area contributed by atoms with Gasteiger partial charge in [-0.1, -0.05) is 0 Å². The number of nitrogens with one attached hydrogen (secondary N) is 2. The lowest BCUT2D eigenvalue weighted by molar-refractivity contribution is 0.112. The number of nitrogens with zero attached hydrogens (tertiary/aromatic N) is 3. The average molecular weight is 329 g/mol. The van der Waals surface area contributed by atoms with Crippen LogP contribution in [0.25, 0.3) is 5.65 Å². The Morgan fingerprint density at radius 2 is 1.92 bits per heavy atom. The smallest absolute Gasteiger partial charge is 0.170 e. The van der Waals surface area contributed by atoms with Crippen molar-refractivity contribution in [1.82, 2.24) is 14.6 Å². The number of hydrogen-bond donors (Lipinski definition) is 2. The Morgan fingerprint density at radius 1 is 1.17 bits per heavy atom. The van der Waals surface area contributed by atoms with Crippen LogP contribution >= 0.6 is 0 Å². The summed E-state index contributed by atoms with van der Waals surface area (Å²) in [4.78, 5) is 15.5. The van der Waals surface area contributed by atoms with E-state index in [-0.39, 0.29) is 5.69 Å². The van der Waals surface area contributed by atoms with Crippen LogP contribution in [0.3, 0.4) is 0 Å². The topological polar surface area (TPSA) is 71.3 Å². The number of anilines is 3. The molecule has 1 aliphatic rings. The molecular weight excluding hydrogens is 316 g/mol. The summed E-state index contributed by atoms with van der Waals surface area (Å²) >= 11 is 0. The average Bonchev–Trinajstić information content (AvgIpc) is 3.23. The zero-order valence-electron chi connectivity index (χ0n) is 12.5. The zero-order valence-corrected chi connectivity index (χ0v) is 12.5. The third-order valence-corrected chi connectivity index (χ3v) is 3.69. The van der Waals surface area contributed by atoms with E-state index in [0.717, 1.165) is 18.9 Å². The van der Waals surface area contributed by atoms with Crippen LogP contribution in [-0.4, -0.2) is 26.9 Å². The van der Waals surface area contributed by atoms with Gasteiger partial charge in [-0.3, -0.25) is 4.79 Å². The molecule has 0 aliphatic heterocycles. The van der Waals surface area contributed by atoms with Gasteiger partial charge in [0.2, 0.25) is 0 Å². The van der Waals surface area contributed by atoms with Crippen LogP contribution in [0.15, 0.2) is 30.5 Å². The molecule has 8 heteroatoms. The molecule has 2 heterocycles. The molecule has 0 atom stereocenters. The van der Waals surface area contributed by atoms with Crippen molar-refractivity contribution in [3.05, 3.63) is 47.7 Å². The van der Waals surface area contributed by atoms with Crippen LogP contribution in [-0.2, 0) is 0 Å². The van der Waals surface area contributed by atoms with Crippen LogP contribution in [0.2, 0.25) is 0 Å². The van der Waals surface area contributed by atoms with E-state index in [1.165, 1.54) is 18.3 Å². The molecule has 2 N–H and O–H groups in total. The molecular formula is C16H13F2N5O. The maximum absolute atomic E-state index is 13.3. The molecule has 0 saturated heterocycles. The van der Waals surface area contributed by atoms with Gasteiger partial charge in [0.15, 0.2) is 11.9 Å². The number of halogens is 2. The second-order valence-corrected chi connectivity index (χ2v) is 5.68. The normalized spacial score (nSPS) is 13.9. The molecule has 1 aromatic carbocycles. The highest BCUT2D eigenvalue weighted by molar-refractivity contribution is 5.85. The molecule has 2 aromatic heterocycles. The van der Waals surface area contributed by atoms with Crippen LogP contribution in [0.1, 0.15) is 23.2 Å². The Hall–Kier alpha value is -3.03. The molecule has 1 saturated carbocycles. The van der Waals surface area contributed by atoms with Gasteiger partial charge in [-0.25, -0.2) is 13.8 Å². The van der Waals surface area contributed by atoms with E-state index in [2.05, 4.69) is 20.7 Å². The first-order valence-corrected chi connectivity index (χ1v) is 7.46. The third kappa shape index (κ3) is 2.78. The van der Waals surface area contributed by atoms with Crippen molar-refractivity contribution in [3.63, 3.8) is 0 Å². The third-order valence-electron chi connectivity index (χ3n) is 3.69. The summed E-state index contributed by atoms with van der Waals surface area (Å²) in [6.45, 7) is 0. The van der Waals surface area contributed by atoms with Crippen LogP contribution < -0.4 is 10.6 Å². The number of aldehydes is 1. The van der Waals surface area contributed by atoms with E-state index < -0.39 is 11.6 Å². The van der Waals surface area contributed by atoms with Crippen LogP contribution in [0, 0.1) is 11.6 Å². The summed E-state index contributed by atoms with van der Waals surface area (Å²) in [5, 5.41) is 10.3. The van der Waals surface area contributed by atoms with Gasteiger partial charge in [-0.2, -0.15) is 9.61 Å². The van der Waals surface area contributed by atoms with Crippen molar-refractivity contribution >= 4 is 29.3 Å². The van der Waals surface area contributed by atoms with Crippen molar-refractivity contribution in [2.75, 3.05) is 10.6 Å². The number of rotatable bonds is 5. The second-order valence-electron chi connectivity index (χ2n) is 5.68. The highest BCUT2D eigenvalue weighted by atomic mass is 19.1. The van der Waals surface area contributed by atoms with E-state index in [1.807, 2.05) is 0 Å². The predicted molar refractivity (Wildman–Crippen MR) is 84.7 cm³/mol. The highest BCUT2D eigenvalue weighted by Gasteiger charge is 2.23. The van der Waals surface area contributed by atoms with Gasteiger partial charge in [-0.05, 0) is 25.0 Å². The zero-order chi connectivity index (χ0) is 16.7. The summed E-state index contributed by atoms with van der Waals surface area (Å²) < 4.78 is 28.2. The Kier molecular flexibility index (Phi) is 3.37. The Morgan fingerprint density at radius 3 is 2.58 bits per heavy atom. The van der Waals surface area contributed by atoms with Gasteiger partial charge < -0.3 is 10.6 Å². The van der Waals surface area contributed by atoms with E-state index >= 15 is 0 Å². The van der Waals surface area contributed by atoms with Gasteiger partial charge in [0.05, 0.1) is 11.8 Å². The largest absolute Gasteiger partial charge is 0.367 e. The van der Waals surface area contributed by atoms with Crippen molar-refractivity contribution in [1.29, 1.82) is 0 Å². The van der Waals surface area contributed by atoms with Crippen molar-refractivity contribution in [3.8, 4) is 0 Å². The molecule has 0 radical (unpaired) electrons. The molecule has 24 heavy (non-hydrogen) atoms. The summed E-state index contributed by atoms with van der Waals surface area (Å²) in [6, 6.07) is 5.18. The number of aromatic nitrogens is 3.